The zero-order chi connectivity index (χ0) is 9.97. The minimum atomic E-state index is -0.524. The summed E-state index contributed by atoms with van der Waals surface area (Å²) in [6.07, 6.45) is 6.36. The standard InChI is InChI=1S/C10H14N2O2/c13-9-10(14)12-8-6-4-2-1-3-5-7(8)11-9/h1-6H2,(H,11,13)(H,12,14). The van der Waals surface area contributed by atoms with Crippen molar-refractivity contribution < 1.29 is 0 Å². The average molecular weight is 194 g/mol. The lowest BCUT2D eigenvalue weighted by molar-refractivity contribution is 0.596. The molecule has 2 rings (SSSR count). The fraction of sp³-hybridized carbons (Fsp3) is 0.600. The number of rotatable bonds is 0. The van der Waals surface area contributed by atoms with E-state index in [0.717, 1.165) is 37.1 Å². The highest BCUT2D eigenvalue weighted by Crippen LogP contribution is 2.14. The third-order valence-electron chi connectivity index (χ3n) is 2.70. The molecule has 1 aromatic rings. The zero-order valence-electron chi connectivity index (χ0n) is 8.06. The van der Waals surface area contributed by atoms with Crippen LogP contribution >= 0.6 is 0 Å². The molecule has 0 radical (unpaired) electrons. The predicted octanol–water partition coefficient (Wildman–Crippen LogP) is 0.722. The number of aryl methyl sites for hydroxylation is 2. The molecule has 4 nitrogen and oxygen atoms in total. The van der Waals surface area contributed by atoms with E-state index in [1.54, 1.807) is 0 Å². The van der Waals surface area contributed by atoms with Gasteiger partial charge < -0.3 is 9.97 Å². The van der Waals surface area contributed by atoms with E-state index in [-0.39, 0.29) is 0 Å². The topological polar surface area (TPSA) is 65.7 Å². The summed E-state index contributed by atoms with van der Waals surface area (Å²) in [7, 11) is 0. The molecular formula is C10H14N2O2. The van der Waals surface area contributed by atoms with E-state index < -0.39 is 11.1 Å². The van der Waals surface area contributed by atoms with Crippen LogP contribution in [0.3, 0.4) is 0 Å². The Bertz CT molecular complexity index is 389. The summed E-state index contributed by atoms with van der Waals surface area (Å²) in [6, 6.07) is 0. The zero-order valence-corrected chi connectivity index (χ0v) is 8.06. The van der Waals surface area contributed by atoms with Crippen LogP contribution in [-0.4, -0.2) is 9.97 Å². The van der Waals surface area contributed by atoms with Crippen LogP contribution in [0.4, 0.5) is 0 Å². The van der Waals surface area contributed by atoms with Crippen LogP contribution in [-0.2, 0) is 12.8 Å². The van der Waals surface area contributed by atoms with Gasteiger partial charge in [0.1, 0.15) is 0 Å². The van der Waals surface area contributed by atoms with Crippen molar-refractivity contribution in [3.8, 4) is 0 Å². The first-order chi connectivity index (χ1) is 6.77. The molecule has 0 aromatic carbocycles. The molecule has 0 spiro atoms. The molecule has 1 heterocycles. The molecule has 0 amide bonds. The maximum atomic E-state index is 11.1. The Morgan fingerprint density at radius 3 is 1.57 bits per heavy atom. The van der Waals surface area contributed by atoms with Gasteiger partial charge in [0.2, 0.25) is 0 Å². The van der Waals surface area contributed by atoms with Crippen LogP contribution in [0.1, 0.15) is 37.1 Å². The van der Waals surface area contributed by atoms with Gasteiger partial charge in [0, 0.05) is 11.4 Å². The van der Waals surface area contributed by atoms with Gasteiger partial charge in [-0.2, -0.15) is 0 Å². The van der Waals surface area contributed by atoms with Gasteiger partial charge in [-0.05, 0) is 25.7 Å². The van der Waals surface area contributed by atoms with Crippen molar-refractivity contribution >= 4 is 0 Å². The second-order valence-corrected chi connectivity index (χ2v) is 3.78. The van der Waals surface area contributed by atoms with E-state index in [1.807, 2.05) is 0 Å². The summed E-state index contributed by atoms with van der Waals surface area (Å²) in [5, 5.41) is 0. The van der Waals surface area contributed by atoms with E-state index in [9.17, 15) is 9.59 Å². The van der Waals surface area contributed by atoms with Gasteiger partial charge in [0.05, 0.1) is 0 Å². The van der Waals surface area contributed by atoms with E-state index >= 15 is 0 Å². The van der Waals surface area contributed by atoms with Crippen molar-refractivity contribution in [3.05, 3.63) is 32.1 Å². The van der Waals surface area contributed by atoms with Crippen LogP contribution < -0.4 is 11.1 Å². The van der Waals surface area contributed by atoms with Crippen molar-refractivity contribution in [2.45, 2.75) is 38.5 Å². The number of fused-ring (bicyclic) bond motifs is 1. The average Bonchev–Trinajstić information content (AvgIpc) is 2.13. The first-order valence-corrected chi connectivity index (χ1v) is 5.12. The minimum Gasteiger partial charge on any atom is -0.320 e. The van der Waals surface area contributed by atoms with Crippen LogP contribution in [0.5, 0.6) is 0 Å². The van der Waals surface area contributed by atoms with Crippen molar-refractivity contribution in [2.24, 2.45) is 0 Å². The summed E-state index contributed by atoms with van der Waals surface area (Å²) in [5.74, 6) is 0. The summed E-state index contributed by atoms with van der Waals surface area (Å²) in [6.45, 7) is 0. The van der Waals surface area contributed by atoms with Crippen LogP contribution in [0.25, 0.3) is 0 Å². The van der Waals surface area contributed by atoms with Gasteiger partial charge in [-0.3, -0.25) is 9.59 Å². The highest BCUT2D eigenvalue weighted by molar-refractivity contribution is 5.11. The number of H-pyrrole nitrogens is 2. The van der Waals surface area contributed by atoms with E-state index in [2.05, 4.69) is 9.97 Å². The van der Waals surface area contributed by atoms with Gasteiger partial charge in [-0.25, -0.2) is 0 Å². The molecule has 4 heteroatoms. The molecule has 0 fully saturated rings. The van der Waals surface area contributed by atoms with Crippen LogP contribution in [0.15, 0.2) is 9.59 Å². The Morgan fingerprint density at radius 1 is 0.714 bits per heavy atom. The van der Waals surface area contributed by atoms with Gasteiger partial charge in [-0.15, -0.1) is 0 Å². The smallest absolute Gasteiger partial charge is 0.313 e. The minimum absolute atomic E-state index is 0.524. The summed E-state index contributed by atoms with van der Waals surface area (Å²) in [4.78, 5) is 27.5. The molecule has 14 heavy (non-hydrogen) atoms. The van der Waals surface area contributed by atoms with Crippen molar-refractivity contribution in [2.75, 3.05) is 0 Å². The maximum Gasteiger partial charge on any atom is 0.313 e. The Hall–Kier alpha value is -1.32. The third kappa shape index (κ3) is 1.78. The molecule has 0 atom stereocenters. The summed E-state index contributed by atoms with van der Waals surface area (Å²) >= 11 is 0. The number of hydrogen-bond donors (Lipinski definition) is 2. The van der Waals surface area contributed by atoms with Crippen LogP contribution in [0, 0.1) is 0 Å². The Kier molecular flexibility index (Phi) is 2.52. The van der Waals surface area contributed by atoms with Crippen molar-refractivity contribution in [3.63, 3.8) is 0 Å². The lowest BCUT2D eigenvalue weighted by atomic mass is 10.0. The molecule has 0 bridgehead atoms. The van der Waals surface area contributed by atoms with Crippen molar-refractivity contribution in [1.82, 2.24) is 9.97 Å². The number of nitrogens with one attached hydrogen (secondary N) is 2. The predicted molar refractivity (Wildman–Crippen MR) is 53.6 cm³/mol. The largest absolute Gasteiger partial charge is 0.320 e. The van der Waals surface area contributed by atoms with E-state index in [0.29, 0.717) is 0 Å². The second kappa shape index (κ2) is 3.82. The normalized spacial score (nSPS) is 16.9. The van der Waals surface area contributed by atoms with Gasteiger partial charge in [-0.1, -0.05) is 12.8 Å². The van der Waals surface area contributed by atoms with Gasteiger partial charge >= 0.3 is 11.1 Å². The van der Waals surface area contributed by atoms with E-state index in [4.69, 9.17) is 0 Å². The lowest BCUT2D eigenvalue weighted by Gasteiger charge is -2.11. The molecular weight excluding hydrogens is 180 g/mol. The van der Waals surface area contributed by atoms with Gasteiger partial charge in [0.15, 0.2) is 0 Å². The molecule has 1 aliphatic rings. The lowest BCUT2D eigenvalue weighted by Crippen LogP contribution is -2.32. The molecule has 1 aliphatic carbocycles. The van der Waals surface area contributed by atoms with Crippen molar-refractivity contribution in [1.29, 1.82) is 0 Å². The molecule has 0 saturated carbocycles. The maximum absolute atomic E-state index is 11.1. The number of aromatic amines is 2. The SMILES string of the molecule is O=c1[nH]c2c([nH]c1=O)CCCCCC2. The molecule has 1 aromatic heterocycles. The Labute approximate surface area is 81.4 Å². The Balaban J connectivity index is 2.45. The number of aromatic nitrogens is 2. The summed E-state index contributed by atoms with van der Waals surface area (Å²) in [5.41, 5.74) is 0.803. The Morgan fingerprint density at radius 2 is 1.14 bits per heavy atom. The highest BCUT2D eigenvalue weighted by atomic mass is 16.2. The fourth-order valence-electron chi connectivity index (χ4n) is 1.92. The summed E-state index contributed by atoms with van der Waals surface area (Å²) < 4.78 is 0. The van der Waals surface area contributed by atoms with E-state index in [1.165, 1.54) is 12.8 Å². The van der Waals surface area contributed by atoms with Crippen LogP contribution in [0.2, 0.25) is 0 Å². The van der Waals surface area contributed by atoms with Gasteiger partial charge in [0.25, 0.3) is 0 Å². The molecule has 2 N–H and O–H groups in total. The fourth-order valence-corrected chi connectivity index (χ4v) is 1.92. The monoisotopic (exact) mass is 194 g/mol. The molecule has 0 unspecified atom stereocenters. The highest BCUT2D eigenvalue weighted by Gasteiger charge is 2.09. The first kappa shape index (κ1) is 9.24. The molecule has 76 valence electrons. The number of hydrogen-bond acceptors (Lipinski definition) is 2. The molecule has 0 saturated heterocycles. The first-order valence-electron chi connectivity index (χ1n) is 5.12. The quantitative estimate of drug-likeness (QED) is 0.598. The second-order valence-electron chi connectivity index (χ2n) is 3.78. The molecule has 0 aliphatic heterocycles. The third-order valence-corrected chi connectivity index (χ3v) is 2.70.